The summed E-state index contributed by atoms with van der Waals surface area (Å²) in [6.07, 6.45) is 62.7. The molecule has 0 aliphatic carbocycles. The third-order valence-electron chi connectivity index (χ3n) is 12.2. The van der Waals surface area contributed by atoms with Crippen LogP contribution in [0.25, 0.3) is 0 Å². The Morgan fingerprint density at radius 2 is 0.841 bits per heavy atom. The van der Waals surface area contributed by atoms with Crippen molar-refractivity contribution in [1.29, 1.82) is 0 Å². The molecule has 0 aromatic carbocycles. The van der Waals surface area contributed by atoms with E-state index in [0.717, 1.165) is 70.6 Å². The minimum atomic E-state index is -0.800. The van der Waals surface area contributed by atoms with E-state index in [-0.39, 0.29) is 24.9 Å². The van der Waals surface area contributed by atoms with Gasteiger partial charge in [0, 0.05) is 6.42 Å². The second kappa shape index (κ2) is 50.6. The Bertz CT molecular complexity index is 1130. The van der Waals surface area contributed by atoms with Crippen molar-refractivity contribution in [3.8, 4) is 0 Å². The average molecular weight is 882 g/mol. The number of ether oxygens (including phenoxy) is 1. The molecule has 0 aliphatic heterocycles. The normalized spacial score (nSPS) is 13.7. The van der Waals surface area contributed by atoms with Crippen LogP contribution in [0.1, 0.15) is 265 Å². The number of hydrogen-bond donors (Lipinski definition) is 3. The molecule has 0 aromatic heterocycles. The van der Waals surface area contributed by atoms with Crippen LogP contribution in [0.5, 0.6) is 0 Å². The van der Waals surface area contributed by atoms with Crippen molar-refractivity contribution >= 4 is 11.9 Å². The summed E-state index contributed by atoms with van der Waals surface area (Å²) in [4.78, 5) is 26.2. The van der Waals surface area contributed by atoms with Crippen LogP contribution in [-0.4, -0.2) is 46.9 Å². The number of hydrogen-bond acceptors (Lipinski definition) is 5. The number of esters is 1. The van der Waals surface area contributed by atoms with Gasteiger partial charge in [-0.1, -0.05) is 268 Å². The Morgan fingerprint density at radius 3 is 1.29 bits per heavy atom. The first kappa shape index (κ1) is 60.6. The number of amides is 1. The molecule has 6 nitrogen and oxygen atoms in total. The van der Waals surface area contributed by atoms with Gasteiger partial charge in [-0.25, -0.2) is 0 Å². The molecule has 6 heteroatoms. The minimum Gasteiger partial charge on any atom is -0.462 e. The van der Waals surface area contributed by atoms with Crippen LogP contribution in [0.15, 0.2) is 60.8 Å². The van der Waals surface area contributed by atoms with Gasteiger partial charge in [0.1, 0.15) is 6.10 Å². The number of unbranched alkanes of at least 4 members (excludes halogenated alkanes) is 30. The van der Waals surface area contributed by atoms with Gasteiger partial charge in [0.15, 0.2) is 0 Å². The zero-order valence-corrected chi connectivity index (χ0v) is 41.7. The monoisotopic (exact) mass is 882 g/mol. The molecule has 0 bridgehead atoms. The molecule has 0 rings (SSSR count). The molecule has 0 fully saturated rings. The Hall–Kier alpha value is -2.44. The molecule has 366 valence electrons. The van der Waals surface area contributed by atoms with E-state index in [2.05, 4.69) is 50.4 Å². The number of carbonyl (C=O) groups excluding carboxylic acids is 2. The van der Waals surface area contributed by atoms with Crippen LogP contribution in [-0.2, 0) is 14.3 Å². The number of nitrogens with one attached hydrogen (secondary N) is 1. The predicted molar refractivity (Wildman–Crippen MR) is 273 cm³/mol. The van der Waals surface area contributed by atoms with E-state index in [4.69, 9.17) is 4.74 Å². The van der Waals surface area contributed by atoms with Crippen LogP contribution in [0.3, 0.4) is 0 Å². The summed E-state index contributed by atoms with van der Waals surface area (Å²) in [5.41, 5.74) is 0. The molecule has 3 N–H and O–H groups in total. The molecule has 0 saturated heterocycles. The van der Waals surface area contributed by atoms with Gasteiger partial charge in [-0.05, 0) is 44.9 Å². The van der Waals surface area contributed by atoms with Gasteiger partial charge in [-0.15, -0.1) is 0 Å². The van der Waals surface area contributed by atoms with Gasteiger partial charge in [-0.2, -0.15) is 0 Å². The lowest BCUT2D eigenvalue weighted by Crippen LogP contribution is -2.46. The maximum atomic E-state index is 13.2. The summed E-state index contributed by atoms with van der Waals surface area (Å²) >= 11 is 0. The number of allylic oxidation sites excluding steroid dienone is 10. The Morgan fingerprint density at radius 1 is 0.460 bits per heavy atom. The quantitative estimate of drug-likeness (QED) is 0.0321. The first-order valence-corrected chi connectivity index (χ1v) is 27.1. The highest BCUT2D eigenvalue weighted by Gasteiger charge is 2.24. The maximum Gasteiger partial charge on any atom is 0.306 e. The van der Waals surface area contributed by atoms with Crippen molar-refractivity contribution in [2.45, 2.75) is 283 Å². The molecular formula is C57H103NO5. The summed E-state index contributed by atoms with van der Waals surface area (Å²) in [6, 6.07) is -0.716. The van der Waals surface area contributed by atoms with E-state index < -0.39 is 18.2 Å². The Balaban J connectivity index is 4.66. The molecule has 0 radical (unpaired) electrons. The SMILES string of the molecule is CCC/C=C/C=C/C=C/C=C/C=C/CCCCCC(CC(=O)NC(CO)C(O)CCCCCCCCCCCCCCC)OC(=O)CCCCCCCCCCCCCCCCC. The molecule has 0 aromatic rings. The third kappa shape index (κ3) is 45.9. The summed E-state index contributed by atoms with van der Waals surface area (Å²) < 4.78 is 5.93. The van der Waals surface area contributed by atoms with Crippen LogP contribution < -0.4 is 5.32 Å². The third-order valence-corrected chi connectivity index (χ3v) is 12.2. The van der Waals surface area contributed by atoms with Crippen molar-refractivity contribution in [3.05, 3.63) is 60.8 Å². The van der Waals surface area contributed by atoms with Crippen molar-refractivity contribution in [2.24, 2.45) is 0 Å². The molecule has 3 atom stereocenters. The zero-order valence-electron chi connectivity index (χ0n) is 41.7. The van der Waals surface area contributed by atoms with E-state index in [1.54, 1.807) is 0 Å². The van der Waals surface area contributed by atoms with Crippen molar-refractivity contribution in [1.82, 2.24) is 5.32 Å². The van der Waals surface area contributed by atoms with E-state index in [1.807, 2.05) is 36.5 Å². The first-order chi connectivity index (χ1) is 31.0. The van der Waals surface area contributed by atoms with Gasteiger partial charge in [-0.3, -0.25) is 9.59 Å². The highest BCUT2D eigenvalue weighted by Crippen LogP contribution is 2.18. The smallest absolute Gasteiger partial charge is 0.306 e. The fourth-order valence-electron chi connectivity index (χ4n) is 8.11. The second-order valence-electron chi connectivity index (χ2n) is 18.4. The molecule has 3 unspecified atom stereocenters. The molecule has 0 heterocycles. The molecular weight excluding hydrogens is 779 g/mol. The molecule has 1 amide bonds. The van der Waals surface area contributed by atoms with Crippen LogP contribution in [0.4, 0.5) is 0 Å². The molecule has 0 spiro atoms. The molecule has 0 saturated carbocycles. The van der Waals surface area contributed by atoms with Gasteiger partial charge < -0.3 is 20.3 Å². The fraction of sp³-hybridized carbons (Fsp3) is 0.789. The zero-order chi connectivity index (χ0) is 45.9. The van der Waals surface area contributed by atoms with E-state index in [0.29, 0.717) is 19.3 Å². The standard InChI is InChI=1S/C57H103NO5/c1-4-7-10-13-16-19-22-25-27-29-31-33-36-39-42-45-48-53(63-57(62)50-47-44-41-38-35-32-28-26-23-20-17-14-11-8-5-2)51-56(61)58-54(52-59)55(60)49-46-43-40-37-34-30-24-21-18-15-12-9-6-3/h10,13,16,19,22,25,27,29,31,33,53-55,59-60H,4-9,11-12,14-15,17-18,20-21,23-24,26,28,30,32,34-52H2,1-3H3,(H,58,61)/b13-10+,19-16+,25-22+,29-27+,33-31+. The number of rotatable bonds is 48. The Kier molecular flexibility index (Phi) is 48.6. The molecule has 63 heavy (non-hydrogen) atoms. The van der Waals surface area contributed by atoms with Gasteiger partial charge in [0.25, 0.3) is 0 Å². The van der Waals surface area contributed by atoms with Crippen LogP contribution >= 0.6 is 0 Å². The fourth-order valence-corrected chi connectivity index (χ4v) is 8.11. The van der Waals surface area contributed by atoms with Gasteiger partial charge in [0.05, 0.1) is 25.2 Å². The number of carbonyl (C=O) groups is 2. The first-order valence-electron chi connectivity index (χ1n) is 27.1. The number of aliphatic hydroxyl groups excluding tert-OH is 2. The van der Waals surface area contributed by atoms with Crippen molar-refractivity contribution in [3.63, 3.8) is 0 Å². The second-order valence-corrected chi connectivity index (χ2v) is 18.4. The van der Waals surface area contributed by atoms with E-state index in [1.165, 1.54) is 148 Å². The number of aliphatic hydroxyl groups is 2. The van der Waals surface area contributed by atoms with Crippen LogP contribution in [0.2, 0.25) is 0 Å². The largest absolute Gasteiger partial charge is 0.462 e. The lowest BCUT2D eigenvalue weighted by Gasteiger charge is -2.24. The maximum absolute atomic E-state index is 13.2. The molecule has 0 aliphatic rings. The van der Waals surface area contributed by atoms with E-state index in [9.17, 15) is 19.8 Å². The van der Waals surface area contributed by atoms with Crippen molar-refractivity contribution < 1.29 is 24.5 Å². The van der Waals surface area contributed by atoms with Gasteiger partial charge in [0.2, 0.25) is 5.91 Å². The van der Waals surface area contributed by atoms with Crippen LogP contribution in [0, 0.1) is 0 Å². The minimum absolute atomic E-state index is 0.0506. The Labute approximate surface area is 390 Å². The summed E-state index contributed by atoms with van der Waals surface area (Å²) in [7, 11) is 0. The summed E-state index contributed by atoms with van der Waals surface area (Å²) in [5.74, 6) is -0.508. The van der Waals surface area contributed by atoms with Gasteiger partial charge >= 0.3 is 5.97 Å². The lowest BCUT2D eigenvalue weighted by molar-refractivity contribution is -0.151. The summed E-state index contributed by atoms with van der Waals surface area (Å²) in [6.45, 7) is 6.40. The highest BCUT2D eigenvalue weighted by atomic mass is 16.5. The summed E-state index contributed by atoms with van der Waals surface area (Å²) in [5, 5.41) is 23.8. The predicted octanol–water partition coefficient (Wildman–Crippen LogP) is 16.4. The topological polar surface area (TPSA) is 95.9 Å². The van der Waals surface area contributed by atoms with E-state index >= 15 is 0 Å². The highest BCUT2D eigenvalue weighted by molar-refractivity contribution is 5.77. The van der Waals surface area contributed by atoms with Crippen molar-refractivity contribution in [2.75, 3.05) is 6.61 Å². The lowest BCUT2D eigenvalue weighted by atomic mass is 10.0. The average Bonchev–Trinajstić information content (AvgIpc) is 3.28.